The van der Waals surface area contributed by atoms with E-state index in [1.165, 1.54) is 39.3 Å². The summed E-state index contributed by atoms with van der Waals surface area (Å²) in [5.74, 6) is -1.01. The number of nitrogens with one attached hydrogen (secondary N) is 1. The molecule has 28 heavy (non-hydrogen) atoms. The van der Waals surface area contributed by atoms with Gasteiger partial charge in [0.25, 0.3) is 11.6 Å². The van der Waals surface area contributed by atoms with E-state index in [9.17, 15) is 19.7 Å². The summed E-state index contributed by atoms with van der Waals surface area (Å²) < 4.78 is 15.5. The third kappa shape index (κ3) is 4.68. The average molecular weight is 409 g/mol. The van der Waals surface area contributed by atoms with Crippen LogP contribution >= 0.6 is 11.6 Å². The van der Waals surface area contributed by atoms with E-state index in [1.807, 2.05) is 0 Å². The Morgan fingerprint density at radius 2 is 1.89 bits per heavy atom. The van der Waals surface area contributed by atoms with E-state index in [2.05, 4.69) is 5.32 Å². The molecule has 1 amide bonds. The van der Waals surface area contributed by atoms with Crippen LogP contribution in [-0.2, 0) is 9.53 Å². The fraction of sp³-hybridized carbons (Fsp3) is 0.222. The standard InChI is InChI=1S/C18H17ClN2O7/c1-10(17(22)20-14-9-11(21(24)25)7-8-13(14)19)28-18(23)12-5-4-6-15(26-2)16(12)27-3/h4-10H,1-3H3,(H,20,22)/t10-/m0/s1. The number of hydrogen-bond donors (Lipinski definition) is 1. The van der Waals surface area contributed by atoms with Crippen molar-refractivity contribution in [3.63, 3.8) is 0 Å². The third-order valence-electron chi connectivity index (χ3n) is 3.69. The Kier molecular flexibility index (Phi) is 6.78. The van der Waals surface area contributed by atoms with Crippen molar-refractivity contribution in [2.45, 2.75) is 13.0 Å². The van der Waals surface area contributed by atoms with Gasteiger partial charge in [0.15, 0.2) is 17.6 Å². The number of nitrogens with zero attached hydrogens (tertiary/aromatic N) is 1. The van der Waals surface area contributed by atoms with Gasteiger partial charge in [-0.05, 0) is 25.1 Å². The molecule has 2 rings (SSSR count). The Balaban J connectivity index is 2.14. The van der Waals surface area contributed by atoms with E-state index in [-0.39, 0.29) is 27.7 Å². The summed E-state index contributed by atoms with van der Waals surface area (Å²) in [4.78, 5) is 35.0. The van der Waals surface area contributed by atoms with Gasteiger partial charge in [-0.15, -0.1) is 0 Å². The first-order valence-electron chi connectivity index (χ1n) is 7.95. The van der Waals surface area contributed by atoms with E-state index in [0.717, 1.165) is 6.07 Å². The average Bonchev–Trinajstić information content (AvgIpc) is 2.68. The number of nitro groups is 1. The molecule has 0 saturated carbocycles. The molecule has 0 saturated heterocycles. The second-order valence-corrected chi connectivity index (χ2v) is 5.91. The van der Waals surface area contributed by atoms with Crippen LogP contribution in [0.4, 0.5) is 11.4 Å². The summed E-state index contributed by atoms with van der Waals surface area (Å²) in [5, 5.41) is 13.4. The van der Waals surface area contributed by atoms with Crippen LogP contribution in [0.25, 0.3) is 0 Å². The summed E-state index contributed by atoms with van der Waals surface area (Å²) in [5.41, 5.74) is -0.136. The number of esters is 1. The molecular formula is C18H17ClN2O7. The number of ether oxygens (including phenoxy) is 3. The zero-order valence-electron chi connectivity index (χ0n) is 15.2. The maximum absolute atomic E-state index is 12.4. The van der Waals surface area contributed by atoms with Gasteiger partial charge in [-0.25, -0.2) is 4.79 Å². The van der Waals surface area contributed by atoms with Crippen molar-refractivity contribution in [3.05, 3.63) is 57.1 Å². The van der Waals surface area contributed by atoms with E-state index in [1.54, 1.807) is 12.1 Å². The Hall–Kier alpha value is -3.33. The lowest BCUT2D eigenvalue weighted by atomic mass is 10.2. The van der Waals surface area contributed by atoms with E-state index in [4.69, 9.17) is 25.8 Å². The molecule has 0 heterocycles. The largest absolute Gasteiger partial charge is 0.493 e. The van der Waals surface area contributed by atoms with Gasteiger partial charge in [-0.3, -0.25) is 14.9 Å². The zero-order valence-corrected chi connectivity index (χ0v) is 16.0. The molecule has 2 aromatic rings. The highest BCUT2D eigenvalue weighted by Gasteiger charge is 2.24. The predicted molar refractivity (Wildman–Crippen MR) is 101 cm³/mol. The number of amides is 1. The molecule has 0 aliphatic rings. The third-order valence-corrected chi connectivity index (χ3v) is 4.02. The van der Waals surface area contributed by atoms with E-state index < -0.39 is 22.9 Å². The molecule has 10 heteroatoms. The molecule has 0 fully saturated rings. The maximum Gasteiger partial charge on any atom is 0.342 e. The van der Waals surface area contributed by atoms with Gasteiger partial charge in [0.1, 0.15) is 5.56 Å². The molecule has 9 nitrogen and oxygen atoms in total. The SMILES string of the molecule is COc1cccc(C(=O)O[C@@H](C)C(=O)Nc2cc([N+](=O)[O-])ccc2Cl)c1OC. The molecule has 1 N–H and O–H groups in total. The topological polar surface area (TPSA) is 117 Å². The molecule has 0 bridgehead atoms. The molecule has 148 valence electrons. The van der Waals surface area contributed by atoms with Crippen LogP contribution in [-0.4, -0.2) is 37.1 Å². The number of rotatable bonds is 7. The first-order valence-corrected chi connectivity index (χ1v) is 8.33. The lowest BCUT2D eigenvalue weighted by Gasteiger charge is -2.16. The summed E-state index contributed by atoms with van der Waals surface area (Å²) in [6.45, 7) is 1.35. The van der Waals surface area contributed by atoms with Crippen molar-refractivity contribution in [1.82, 2.24) is 0 Å². The highest BCUT2D eigenvalue weighted by molar-refractivity contribution is 6.33. The highest BCUT2D eigenvalue weighted by atomic mass is 35.5. The predicted octanol–water partition coefficient (Wildman–Crippen LogP) is 3.45. The number of nitro benzene ring substituents is 1. The van der Waals surface area contributed by atoms with E-state index >= 15 is 0 Å². The number of carbonyl (C=O) groups excluding carboxylic acids is 2. The van der Waals surface area contributed by atoms with Gasteiger partial charge in [-0.1, -0.05) is 17.7 Å². The van der Waals surface area contributed by atoms with Crippen molar-refractivity contribution in [1.29, 1.82) is 0 Å². The quantitative estimate of drug-likeness (QED) is 0.423. The number of methoxy groups -OCH3 is 2. The lowest BCUT2D eigenvalue weighted by molar-refractivity contribution is -0.384. The summed E-state index contributed by atoms with van der Waals surface area (Å²) in [6.07, 6.45) is -1.21. The van der Waals surface area contributed by atoms with Gasteiger partial charge in [0.05, 0.1) is 29.9 Å². The van der Waals surface area contributed by atoms with Gasteiger partial charge in [0.2, 0.25) is 0 Å². The molecule has 1 atom stereocenters. The van der Waals surface area contributed by atoms with Crippen molar-refractivity contribution in [3.8, 4) is 11.5 Å². The Morgan fingerprint density at radius 1 is 1.18 bits per heavy atom. The normalized spacial score (nSPS) is 11.3. The number of halogens is 1. The molecule has 0 spiro atoms. The van der Waals surface area contributed by atoms with Crippen molar-refractivity contribution in [2.24, 2.45) is 0 Å². The number of para-hydroxylation sites is 1. The highest BCUT2D eigenvalue weighted by Crippen LogP contribution is 2.31. The first kappa shape index (κ1) is 21.0. The Bertz CT molecular complexity index is 917. The van der Waals surface area contributed by atoms with Crippen LogP contribution in [0.5, 0.6) is 11.5 Å². The molecule has 0 aromatic heterocycles. The zero-order chi connectivity index (χ0) is 20.8. The minimum Gasteiger partial charge on any atom is -0.493 e. The van der Waals surface area contributed by atoms with Crippen LogP contribution in [0.1, 0.15) is 17.3 Å². The number of benzene rings is 2. The molecule has 0 aliphatic heterocycles. The van der Waals surface area contributed by atoms with Crippen molar-refractivity contribution < 1.29 is 28.7 Å². The van der Waals surface area contributed by atoms with Crippen LogP contribution < -0.4 is 14.8 Å². The van der Waals surface area contributed by atoms with Gasteiger partial charge >= 0.3 is 5.97 Å². The fourth-order valence-electron chi connectivity index (χ4n) is 2.28. The van der Waals surface area contributed by atoms with Crippen LogP contribution in [0.2, 0.25) is 5.02 Å². The molecule has 0 aliphatic carbocycles. The Morgan fingerprint density at radius 3 is 2.50 bits per heavy atom. The van der Waals surface area contributed by atoms with Gasteiger partial charge in [0, 0.05) is 12.1 Å². The number of non-ortho nitro benzene ring substituents is 1. The monoisotopic (exact) mass is 408 g/mol. The maximum atomic E-state index is 12.4. The minimum absolute atomic E-state index is 0.0303. The molecule has 0 radical (unpaired) electrons. The number of anilines is 1. The van der Waals surface area contributed by atoms with Crippen LogP contribution in [0.3, 0.4) is 0 Å². The van der Waals surface area contributed by atoms with Crippen LogP contribution in [0, 0.1) is 10.1 Å². The van der Waals surface area contributed by atoms with Gasteiger partial charge in [-0.2, -0.15) is 0 Å². The summed E-state index contributed by atoms with van der Waals surface area (Å²) in [6, 6.07) is 8.25. The van der Waals surface area contributed by atoms with E-state index in [0.29, 0.717) is 5.75 Å². The number of carbonyl (C=O) groups is 2. The molecule has 0 unspecified atom stereocenters. The van der Waals surface area contributed by atoms with Gasteiger partial charge < -0.3 is 19.5 Å². The molecular weight excluding hydrogens is 392 g/mol. The summed E-state index contributed by atoms with van der Waals surface area (Å²) in [7, 11) is 2.79. The number of hydrogen-bond acceptors (Lipinski definition) is 7. The fourth-order valence-corrected chi connectivity index (χ4v) is 2.45. The van der Waals surface area contributed by atoms with Crippen LogP contribution in [0.15, 0.2) is 36.4 Å². The first-order chi connectivity index (χ1) is 13.3. The second-order valence-electron chi connectivity index (χ2n) is 5.50. The lowest BCUT2D eigenvalue weighted by Crippen LogP contribution is -2.30. The Labute approximate surface area is 165 Å². The smallest absolute Gasteiger partial charge is 0.342 e. The molecule has 2 aromatic carbocycles. The van der Waals surface area contributed by atoms with Crippen molar-refractivity contribution in [2.75, 3.05) is 19.5 Å². The van der Waals surface area contributed by atoms with Crippen molar-refractivity contribution >= 4 is 34.9 Å². The second kappa shape index (κ2) is 9.05. The summed E-state index contributed by atoms with van der Waals surface area (Å²) >= 11 is 5.95. The minimum atomic E-state index is -1.21.